The minimum absolute atomic E-state index is 0.108. The number of aliphatic carboxylic acids is 1. The number of benzene rings is 2. The summed E-state index contributed by atoms with van der Waals surface area (Å²) in [5, 5.41) is 10.3. The fourth-order valence-electron chi connectivity index (χ4n) is 2.67. The summed E-state index contributed by atoms with van der Waals surface area (Å²) in [7, 11) is 1.40. The SMILES string of the molecule is COc1cc(Br)cc(/C=C2\C(=O)NN(c3ccccc3)C2=O)c1O[C@@H](C)C(=O)O. The van der Waals surface area contributed by atoms with Crippen LogP contribution in [0.1, 0.15) is 12.5 Å². The molecule has 1 fully saturated rings. The Morgan fingerprint density at radius 3 is 2.55 bits per heavy atom. The number of amides is 2. The number of carbonyl (C=O) groups excluding carboxylic acids is 2. The number of carbonyl (C=O) groups is 3. The largest absolute Gasteiger partial charge is 0.493 e. The lowest BCUT2D eigenvalue weighted by molar-refractivity contribution is -0.144. The Morgan fingerprint density at radius 2 is 1.93 bits per heavy atom. The smallest absolute Gasteiger partial charge is 0.344 e. The van der Waals surface area contributed by atoms with Crippen LogP contribution in [0.5, 0.6) is 11.5 Å². The van der Waals surface area contributed by atoms with Gasteiger partial charge < -0.3 is 14.6 Å². The Morgan fingerprint density at radius 1 is 1.24 bits per heavy atom. The van der Waals surface area contributed by atoms with Crippen molar-refractivity contribution in [1.82, 2.24) is 5.43 Å². The van der Waals surface area contributed by atoms with Gasteiger partial charge in [0.15, 0.2) is 17.6 Å². The highest BCUT2D eigenvalue weighted by atomic mass is 79.9. The number of anilines is 1. The average molecular weight is 461 g/mol. The molecule has 29 heavy (non-hydrogen) atoms. The lowest BCUT2D eigenvalue weighted by atomic mass is 10.1. The van der Waals surface area contributed by atoms with Crippen molar-refractivity contribution in [3.63, 3.8) is 0 Å². The van der Waals surface area contributed by atoms with E-state index >= 15 is 0 Å². The van der Waals surface area contributed by atoms with Gasteiger partial charge in [-0.1, -0.05) is 34.1 Å². The van der Waals surface area contributed by atoms with E-state index in [2.05, 4.69) is 21.4 Å². The van der Waals surface area contributed by atoms with E-state index in [1.807, 2.05) is 0 Å². The second-order valence-electron chi connectivity index (χ2n) is 6.10. The topological polar surface area (TPSA) is 105 Å². The zero-order valence-electron chi connectivity index (χ0n) is 15.5. The molecule has 1 aliphatic heterocycles. The van der Waals surface area contributed by atoms with Gasteiger partial charge >= 0.3 is 5.97 Å². The van der Waals surface area contributed by atoms with E-state index in [1.54, 1.807) is 42.5 Å². The van der Waals surface area contributed by atoms with Crippen molar-refractivity contribution in [2.24, 2.45) is 0 Å². The Bertz CT molecular complexity index is 1010. The van der Waals surface area contributed by atoms with Crippen LogP contribution in [0.4, 0.5) is 5.69 Å². The minimum atomic E-state index is -1.17. The molecule has 2 amide bonds. The third-order valence-corrected chi connectivity index (χ3v) is 4.57. The molecular formula is C20H17BrN2O6. The molecule has 0 radical (unpaired) electrons. The molecule has 8 nitrogen and oxygen atoms in total. The van der Waals surface area contributed by atoms with Gasteiger partial charge in [0.2, 0.25) is 0 Å². The molecule has 1 heterocycles. The summed E-state index contributed by atoms with van der Waals surface area (Å²) in [6.07, 6.45) is 0.175. The van der Waals surface area contributed by atoms with Crippen LogP contribution in [-0.2, 0) is 14.4 Å². The number of hydrazine groups is 1. The van der Waals surface area contributed by atoms with Crippen molar-refractivity contribution >= 4 is 45.5 Å². The zero-order chi connectivity index (χ0) is 21.1. The number of rotatable bonds is 6. The van der Waals surface area contributed by atoms with Gasteiger partial charge in [-0.15, -0.1) is 0 Å². The first-order chi connectivity index (χ1) is 13.8. The van der Waals surface area contributed by atoms with Gasteiger partial charge in [0.1, 0.15) is 5.57 Å². The van der Waals surface area contributed by atoms with Crippen LogP contribution in [0.2, 0.25) is 0 Å². The minimum Gasteiger partial charge on any atom is -0.493 e. The van der Waals surface area contributed by atoms with Gasteiger partial charge in [-0.05, 0) is 37.3 Å². The van der Waals surface area contributed by atoms with Crippen molar-refractivity contribution in [2.45, 2.75) is 13.0 Å². The molecule has 0 bridgehead atoms. The van der Waals surface area contributed by atoms with Crippen molar-refractivity contribution < 1.29 is 29.0 Å². The molecule has 0 aliphatic carbocycles. The Hall–Kier alpha value is -3.33. The summed E-state index contributed by atoms with van der Waals surface area (Å²) in [5.74, 6) is -1.94. The predicted octanol–water partition coefficient (Wildman–Crippen LogP) is 2.77. The molecular weight excluding hydrogens is 444 g/mol. The van der Waals surface area contributed by atoms with Crippen molar-refractivity contribution in [3.8, 4) is 11.5 Å². The summed E-state index contributed by atoms with van der Waals surface area (Å²) < 4.78 is 11.4. The summed E-state index contributed by atoms with van der Waals surface area (Å²) in [4.78, 5) is 36.4. The first kappa shape index (κ1) is 20.4. The fraction of sp³-hybridized carbons (Fsp3) is 0.150. The molecule has 0 saturated carbocycles. The summed E-state index contributed by atoms with van der Waals surface area (Å²) >= 11 is 3.33. The molecule has 1 saturated heterocycles. The molecule has 1 atom stereocenters. The van der Waals surface area contributed by atoms with Crippen molar-refractivity contribution in [3.05, 3.63) is 58.1 Å². The normalized spacial score (nSPS) is 16.0. The van der Waals surface area contributed by atoms with Gasteiger partial charge in [0.25, 0.3) is 11.8 Å². The number of nitrogens with one attached hydrogen (secondary N) is 1. The zero-order valence-corrected chi connectivity index (χ0v) is 17.1. The molecule has 9 heteroatoms. The molecule has 0 aromatic heterocycles. The van der Waals surface area contributed by atoms with Crippen LogP contribution in [-0.4, -0.2) is 36.1 Å². The van der Waals surface area contributed by atoms with E-state index in [-0.39, 0.29) is 17.1 Å². The number of para-hydroxylation sites is 1. The molecule has 2 aromatic carbocycles. The lowest BCUT2D eigenvalue weighted by Crippen LogP contribution is -2.35. The standard InChI is InChI=1S/C20H17BrN2O6/c1-11(20(26)27)29-17-12(8-13(21)10-16(17)28-2)9-15-18(24)22-23(19(15)25)14-6-4-3-5-7-14/h3-11H,1-2H3,(H,22,24)(H,26,27)/b15-9+/t11-/m0/s1. The van der Waals surface area contributed by atoms with Crippen LogP contribution in [0.3, 0.4) is 0 Å². The maximum Gasteiger partial charge on any atom is 0.344 e. The Kier molecular flexibility index (Phi) is 5.88. The average Bonchev–Trinajstić information content (AvgIpc) is 2.98. The third kappa shape index (κ3) is 4.24. The summed E-state index contributed by atoms with van der Waals surface area (Å²) in [5.41, 5.74) is 3.22. The molecule has 2 aromatic rings. The molecule has 2 N–H and O–H groups in total. The van der Waals surface area contributed by atoms with E-state index in [4.69, 9.17) is 14.6 Å². The van der Waals surface area contributed by atoms with Gasteiger partial charge in [-0.2, -0.15) is 0 Å². The molecule has 3 rings (SSSR count). The Balaban J connectivity index is 2.05. The van der Waals surface area contributed by atoms with Crippen LogP contribution in [0.15, 0.2) is 52.5 Å². The third-order valence-electron chi connectivity index (χ3n) is 4.12. The molecule has 1 aliphatic rings. The molecule has 0 unspecified atom stereocenters. The number of carboxylic acid groups (broad SMARTS) is 1. The predicted molar refractivity (Wildman–Crippen MR) is 108 cm³/mol. The number of methoxy groups -OCH3 is 1. The fourth-order valence-corrected chi connectivity index (χ4v) is 3.13. The van der Waals surface area contributed by atoms with Gasteiger partial charge in [0, 0.05) is 10.0 Å². The summed E-state index contributed by atoms with van der Waals surface area (Å²) in [6.45, 7) is 1.37. The highest BCUT2D eigenvalue weighted by Gasteiger charge is 2.35. The van der Waals surface area contributed by atoms with Gasteiger partial charge in [0.05, 0.1) is 12.8 Å². The Labute approximate surface area is 174 Å². The second-order valence-corrected chi connectivity index (χ2v) is 7.02. The van der Waals surface area contributed by atoms with E-state index in [9.17, 15) is 14.4 Å². The lowest BCUT2D eigenvalue weighted by Gasteiger charge is -2.17. The monoisotopic (exact) mass is 460 g/mol. The highest BCUT2D eigenvalue weighted by Crippen LogP contribution is 2.37. The van der Waals surface area contributed by atoms with E-state index in [1.165, 1.54) is 20.1 Å². The van der Waals surface area contributed by atoms with Gasteiger partial charge in [-0.3, -0.25) is 15.0 Å². The van der Waals surface area contributed by atoms with Gasteiger partial charge in [-0.25, -0.2) is 9.80 Å². The van der Waals surface area contributed by atoms with Crippen LogP contribution >= 0.6 is 15.9 Å². The maximum absolute atomic E-state index is 12.8. The summed E-state index contributed by atoms with van der Waals surface area (Å²) in [6, 6.07) is 11.9. The second kappa shape index (κ2) is 8.36. The van der Waals surface area contributed by atoms with E-state index < -0.39 is 23.9 Å². The highest BCUT2D eigenvalue weighted by molar-refractivity contribution is 9.10. The maximum atomic E-state index is 12.8. The van der Waals surface area contributed by atoms with Crippen LogP contribution in [0, 0.1) is 0 Å². The molecule has 150 valence electrons. The quantitative estimate of drug-likeness (QED) is 0.507. The van der Waals surface area contributed by atoms with Crippen molar-refractivity contribution in [2.75, 3.05) is 12.1 Å². The number of hydrogen-bond donors (Lipinski definition) is 2. The molecule has 0 spiro atoms. The number of hydrogen-bond acceptors (Lipinski definition) is 5. The van der Waals surface area contributed by atoms with E-state index in [0.29, 0.717) is 15.7 Å². The number of halogens is 1. The van der Waals surface area contributed by atoms with Crippen LogP contribution in [0.25, 0.3) is 6.08 Å². The first-order valence-corrected chi connectivity index (χ1v) is 9.30. The number of nitrogens with zero attached hydrogens (tertiary/aromatic N) is 1. The van der Waals surface area contributed by atoms with Crippen LogP contribution < -0.4 is 19.9 Å². The number of carboxylic acids is 1. The van der Waals surface area contributed by atoms with E-state index in [0.717, 1.165) is 5.01 Å². The number of ether oxygens (including phenoxy) is 2. The van der Waals surface area contributed by atoms with Crippen molar-refractivity contribution in [1.29, 1.82) is 0 Å². The first-order valence-electron chi connectivity index (χ1n) is 8.51.